The summed E-state index contributed by atoms with van der Waals surface area (Å²) >= 11 is 5.96. The van der Waals surface area contributed by atoms with Crippen LogP contribution in [-0.2, 0) is 0 Å². The zero-order valence-electron chi connectivity index (χ0n) is 15.7. The monoisotopic (exact) mass is 389 g/mol. The number of ketones is 1. The highest BCUT2D eigenvalue weighted by Crippen LogP contribution is 2.46. The fourth-order valence-electron chi connectivity index (χ4n) is 3.61. The third-order valence-corrected chi connectivity index (χ3v) is 4.99. The Kier molecular flexibility index (Phi) is 4.93. The molecule has 0 heterocycles. The van der Waals surface area contributed by atoms with Crippen molar-refractivity contribution >= 4 is 17.4 Å². The Bertz CT molecular complexity index is 1040. The Hall–Kier alpha value is -3.04. The van der Waals surface area contributed by atoms with E-state index in [-0.39, 0.29) is 11.7 Å². The number of hydrogen-bond donors (Lipinski definition) is 0. The lowest BCUT2D eigenvalue weighted by molar-refractivity contribution is 0.103. The molecule has 28 heavy (non-hydrogen) atoms. The van der Waals surface area contributed by atoms with E-state index >= 15 is 0 Å². The predicted molar refractivity (Wildman–Crippen MR) is 112 cm³/mol. The van der Waals surface area contributed by atoms with E-state index in [0.29, 0.717) is 22.1 Å². The molecule has 0 amide bonds. The van der Waals surface area contributed by atoms with Gasteiger partial charge in [-0.05, 0) is 41.5 Å². The number of ether oxygens (including phenoxy) is 1. The van der Waals surface area contributed by atoms with Crippen molar-refractivity contribution in [2.45, 2.75) is 5.92 Å². The highest BCUT2D eigenvalue weighted by Gasteiger charge is 2.38. The molecule has 0 saturated carbocycles. The van der Waals surface area contributed by atoms with Crippen molar-refractivity contribution < 1.29 is 9.53 Å². The van der Waals surface area contributed by atoms with Crippen LogP contribution in [0.5, 0.6) is 11.5 Å². The zero-order valence-corrected chi connectivity index (χ0v) is 16.5. The van der Waals surface area contributed by atoms with Crippen LogP contribution < -0.4 is 4.74 Å². The average molecular weight is 390 g/mol. The quantitative estimate of drug-likeness (QED) is 0.520. The fraction of sp³-hybridized carbons (Fsp3) is 0.125. The van der Waals surface area contributed by atoms with Gasteiger partial charge in [-0.1, -0.05) is 54.1 Å². The van der Waals surface area contributed by atoms with Gasteiger partial charge < -0.3 is 9.64 Å². The molecule has 0 spiro atoms. The van der Waals surface area contributed by atoms with Gasteiger partial charge in [-0.2, -0.15) is 0 Å². The summed E-state index contributed by atoms with van der Waals surface area (Å²) in [6.45, 7) is 0. The van der Waals surface area contributed by atoms with Crippen LogP contribution in [0.3, 0.4) is 0 Å². The van der Waals surface area contributed by atoms with E-state index in [9.17, 15) is 4.79 Å². The van der Waals surface area contributed by atoms with E-state index in [1.807, 2.05) is 61.6 Å². The van der Waals surface area contributed by atoms with Gasteiger partial charge >= 0.3 is 0 Å². The molecule has 0 fully saturated rings. The van der Waals surface area contributed by atoms with E-state index in [4.69, 9.17) is 16.3 Å². The number of benzene rings is 3. The van der Waals surface area contributed by atoms with Gasteiger partial charge in [-0.3, -0.25) is 4.79 Å². The number of hydrogen-bond acceptors (Lipinski definition) is 3. The molecule has 4 rings (SSSR count). The number of allylic oxidation sites excluding steroid dienone is 1. The largest absolute Gasteiger partial charge is 0.457 e. The van der Waals surface area contributed by atoms with Gasteiger partial charge in [0.15, 0.2) is 5.78 Å². The Labute approximate surface area is 169 Å². The maximum atomic E-state index is 13.4. The van der Waals surface area contributed by atoms with Crippen molar-refractivity contribution in [1.29, 1.82) is 0 Å². The first-order valence-corrected chi connectivity index (χ1v) is 9.46. The highest BCUT2D eigenvalue weighted by molar-refractivity contribution is 6.30. The van der Waals surface area contributed by atoms with Crippen molar-refractivity contribution in [2.24, 2.45) is 0 Å². The van der Waals surface area contributed by atoms with E-state index in [1.165, 1.54) is 0 Å². The molecule has 4 heteroatoms. The molecule has 1 aliphatic rings. The standard InChI is InChI=1S/C24H20ClNO2/c1-26(2)15-20-22(16-7-4-3-5-8-16)19-9-6-10-21(23(19)24(20)27)28-18-13-11-17(25)12-14-18/h3-15,22H,1-2H3/b20-15-/t22-/m1/s1. The SMILES string of the molecule is CN(C)/C=C1\C(=O)c2c(Oc3ccc(Cl)cc3)cccc2[C@H]1c1ccccc1. The van der Waals surface area contributed by atoms with Crippen molar-refractivity contribution in [3.05, 3.63) is 106 Å². The summed E-state index contributed by atoms with van der Waals surface area (Å²) in [5.74, 6) is 1.10. The number of carbonyl (C=O) groups excluding carboxylic acids is 1. The first-order chi connectivity index (χ1) is 13.5. The minimum Gasteiger partial charge on any atom is -0.457 e. The second-order valence-electron chi connectivity index (χ2n) is 7.00. The topological polar surface area (TPSA) is 29.5 Å². The summed E-state index contributed by atoms with van der Waals surface area (Å²) in [6, 6.07) is 23.0. The molecule has 0 N–H and O–H groups in total. The van der Waals surface area contributed by atoms with Gasteiger partial charge in [-0.15, -0.1) is 0 Å². The Balaban J connectivity index is 1.83. The fourth-order valence-corrected chi connectivity index (χ4v) is 3.73. The molecular weight excluding hydrogens is 370 g/mol. The molecule has 1 atom stereocenters. The summed E-state index contributed by atoms with van der Waals surface area (Å²) in [6.07, 6.45) is 1.91. The second-order valence-corrected chi connectivity index (χ2v) is 7.43. The lowest BCUT2D eigenvalue weighted by Crippen LogP contribution is -2.09. The van der Waals surface area contributed by atoms with Crippen LogP contribution in [0.2, 0.25) is 5.02 Å². The molecule has 3 nitrogen and oxygen atoms in total. The lowest BCUT2D eigenvalue weighted by Gasteiger charge is -2.16. The molecule has 0 bridgehead atoms. The maximum absolute atomic E-state index is 13.4. The third kappa shape index (κ3) is 3.41. The lowest BCUT2D eigenvalue weighted by atomic mass is 9.90. The van der Waals surface area contributed by atoms with Gasteiger partial charge in [0.25, 0.3) is 0 Å². The smallest absolute Gasteiger partial charge is 0.195 e. The molecule has 0 aromatic heterocycles. The minimum atomic E-state index is -0.111. The Morgan fingerprint density at radius 3 is 2.32 bits per heavy atom. The molecule has 3 aromatic rings. The summed E-state index contributed by atoms with van der Waals surface area (Å²) in [5.41, 5.74) is 3.43. The summed E-state index contributed by atoms with van der Waals surface area (Å²) in [5, 5.41) is 0.641. The number of carbonyl (C=O) groups is 1. The molecule has 0 unspecified atom stereocenters. The second kappa shape index (κ2) is 7.53. The zero-order chi connectivity index (χ0) is 19.7. The number of nitrogens with zero attached hydrogens (tertiary/aromatic N) is 1. The summed E-state index contributed by atoms with van der Waals surface area (Å²) in [4.78, 5) is 15.3. The van der Waals surface area contributed by atoms with Crippen LogP contribution in [0, 0.1) is 0 Å². The van der Waals surface area contributed by atoms with Crippen molar-refractivity contribution in [3.8, 4) is 11.5 Å². The van der Waals surface area contributed by atoms with Gasteiger partial charge in [0.05, 0.1) is 5.56 Å². The average Bonchev–Trinajstić information content (AvgIpc) is 2.96. The number of Topliss-reactive ketones (excluding diaryl/α,β-unsaturated/α-hetero) is 1. The van der Waals surface area contributed by atoms with Gasteiger partial charge in [0.2, 0.25) is 0 Å². The molecular formula is C24H20ClNO2. The molecule has 1 aliphatic carbocycles. The number of rotatable bonds is 4. The number of fused-ring (bicyclic) bond motifs is 1. The molecule has 3 aromatic carbocycles. The summed E-state index contributed by atoms with van der Waals surface area (Å²) in [7, 11) is 3.85. The third-order valence-electron chi connectivity index (χ3n) is 4.74. The van der Waals surface area contributed by atoms with Crippen molar-refractivity contribution in [2.75, 3.05) is 14.1 Å². The van der Waals surface area contributed by atoms with Crippen LogP contribution >= 0.6 is 11.6 Å². The van der Waals surface area contributed by atoms with Crippen molar-refractivity contribution in [3.63, 3.8) is 0 Å². The maximum Gasteiger partial charge on any atom is 0.195 e. The Morgan fingerprint density at radius 2 is 1.64 bits per heavy atom. The van der Waals surface area contributed by atoms with Crippen LogP contribution in [0.15, 0.2) is 84.6 Å². The molecule has 0 radical (unpaired) electrons. The van der Waals surface area contributed by atoms with Gasteiger partial charge in [-0.25, -0.2) is 0 Å². The minimum absolute atomic E-state index is 0.00196. The molecule has 0 aliphatic heterocycles. The van der Waals surface area contributed by atoms with Crippen LogP contribution in [0.4, 0.5) is 0 Å². The van der Waals surface area contributed by atoms with E-state index < -0.39 is 0 Å². The van der Waals surface area contributed by atoms with E-state index in [1.54, 1.807) is 24.3 Å². The first kappa shape index (κ1) is 18.3. The van der Waals surface area contributed by atoms with Crippen LogP contribution in [0.1, 0.15) is 27.4 Å². The normalized spacial score (nSPS) is 16.9. The number of halogens is 1. The van der Waals surface area contributed by atoms with Gasteiger partial charge in [0, 0.05) is 36.8 Å². The predicted octanol–water partition coefficient (Wildman–Crippen LogP) is 5.91. The molecule has 140 valence electrons. The van der Waals surface area contributed by atoms with Gasteiger partial charge in [0.1, 0.15) is 11.5 Å². The van der Waals surface area contributed by atoms with E-state index in [2.05, 4.69) is 12.1 Å². The van der Waals surface area contributed by atoms with Crippen LogP contribution in [-0.4, -0.2) is 24.8 Å². The van der Waals surface area contributed by atoms with E-state index in [0.717, 1.165) is 16.7 Å². The Morgan fingerprint density at radius 1 is 0.929 bits per heavy atom. The first-order valence-electron chi connectivity index (χ1n) is 9.08. The summed E-state index contributed by atoms with van der Waals surface area (Å²) < 4.78 is 6.06. The van der Waals surface area contributed by atoms with Crippen molar-refractivity contribution in [1.82, 2.24) is 4.90 Å². The molecule has 0 saturated heterocycles. The van der Waals surface area contributed by atoms with Crippen LogP contribution in [0.25, 0.3) is 0 Å². The highest BCUT2D eigenvalue weighted by atomic mass is 35.5.